The molecule has 0 atom stereocenters. The summed E-state index contributed by atoms with van der Waals surface area (Å²) in [5, 5.41) is 0. The second kappa shape index (κ2) is 7.30. The molecule has 1 aromatic carbocycles. The molecule has 0 aromatic heterocycles. The molecular formula is C14H14ClF3O. The van der Waals surface area contributed by atoms with Crippen LogP contribution in [-0.2, 0) is 0 Å². The van der Waals surface area contributed by atoms with Gasteiger partial charge in [0.15, 0.2) is 0 Å². The van der Waals surface area contributed by atoms with Gasteiger partial charge in [0.25, 0.3) is 0 Å². The van der Waals surface area contributed by atoms with Gasteiger partial charge in [-0.3, -0.25) is 0 Å². The lowest BCUT2D eigenvalue weighted by atomic mass is 10.1. The Morgan fingerprint density at radius 1 is 1.32 bits per heavy atom. The number of hydrogen-bond donors (Lipinski definition) is 0. The molecule has 0 radical (unpaired) electrons. The Hall–Kier alpha value is -1.34. The first-order valence-electron chi connectivity index (χ1n) is 5.77. The molecule has 19 heavy (non-hydrogen) atoms. The molecule has 0 fully saturated rings. The van der Waals surface area contributed by atoms with E-state index < -0.39 is 12.6 Å². The Kier molecular flexibility index (Phi) is 6.04. The summed E-state index contributed by atoms with van der Waals surface area (Å²) in [6, 6.07) is 5.22. The number of ether oxygens (including phenoxy) is 1. The van der Waals surface area contributed by atoms with E-state index in [1.54, 1.807) is 18.2 Å². The van der Waals surface area contributed by atoms with Crippen LogP contribution in [0.3, 0.4) is 0 Å². The summed E-state index contributed by atoms with van der Waals surface area (Å²) >= 11 is 5.47. The standard InChI is InChI=1S/C14H14ClF3O/c1-11-10-13(6-5-12(11)4-2-8-15)19-9-3-7-14(16,17)18/h5-6,10H,3,7-9H2,1H3. The van der Waals surface area contributed by atoms with E-state index in [1.165, 1.54) is 0 Å². The van der Waals surface area contributed by atoms with Crippen LogP contribution in [0, 0.1) is 18.8 Å². The smallest absolute Gasteiger partial charge is 0.389 e. The third-order valence-electron chi connectivity index (χ3n) is 2.36. The molecule has 0 unspecified atom stereocenters. The molecule has 5 heteroatoms. The molecule has 1 rings (SSSR count). The highest BCUT2D eigenvalue weighted by molar-refractivity contribution is 6.19. The molecule has 0 amide bonds. The van der Waals surface area contributed by atoms with Crippen molar-refractivity contribution in [2.45, 2.75) is 25.9 Å². The topological polar surface area (TPSA) is 9.23 Å². The van der Waals surface area contributed by atoms with Crippen LogP contribution in [0.25, 0.3) is 0 Å². The summed E-state index contributed by atoms with van der Waals surface area (Å²) in [7, 11) is 0. The Bertz CT molecular complexity index is 472. The van der Waals surface area contributed by atoms with Crippen LogP contribution in [0.15, 0.2) is 18.2 Å². The van der Waals surface area contributed by atoms with E-state index in [0.29, 0.717) is 5.75 Å². The SMILES string of the molecule is Cc1cc(OCCCC(F)(F)F)ccc1C#CCCl. The maximum Gasteiger partial charge on any atom is 0.389 e. The first-order chi connectivity index (χ1) is 8.92. The number of alkyl halides is 4. The molecule has 0 N–H and O–H groups in total. The molecule has 0 aliphatic heterocycles. The highest BCUT2D eigenvalue weighted by Crippen LogP contribution is 2.22. The third kappa shape index (κ3) is 6.40. The minimum Gasteiger partial charge on any atom is -0.494 e. The Balaban J connectivity index is 2.50. The molecule has 1 aromatic rings. The quantitative estimate of drug-likeness (QED) is 0.456. The van der Waals surface area contributed by atoms with Crippen molar-refractivity contribution in [3.8, 4) is 17.6 Å². The zero-order valence-electron chi connectivity index (χ0n) is 10.5. The van der Waals surface area contributed by atoms with Gasteiger partial charge in [-0.05, 0) is 37.1 Å². The molecule has 1 nitrogen and oxygen atoms in total. The van der Waals surface area contributed by atoms with Gasteiger partial charge in [-0.15, -0.1) is 11.6 Å². The summed E-state index contributed by atoms with van der Waals surface area (Å²) in [6.45, 7) is 1.91. The number of benzene rings is 1. The van der Waals surface area contributed by atoms with E-state index in [1.807, 2.05) is 6.92 Å². The molecule has 0 aliphatic carbocycles. The average Bonchev–Trinajstić information content (AvgIpc) is 2.32. The number of hydrogen-bond acceptors (Lipinski definition) is 1. The lowest BCUT2D eigenvalue weighted by molar-refractivity contribution is -0.136. The molecule has 0 saturated carbocycles. The van der Waals surface area contributed by atoms with Gasteiger partial charge in [-0.1, -0.05) is 11.8 Å². The normalized spacial score (nSPS) is 10.8. The van der Waals surface area contributed by atoms with Crippen molar-refractivity contribution in [2.24, 2.45) is 0 Å². The van der Waals surface area contributed by atoms with Crippen molar-refractivity contribution >= 4 is 11.6 Å². The lowest BCUT2D eigenvalue weighted by Crippen LogP contribution is -2.09. The zero-order chi connectivity index (χ0) is 14.3. The van der Waals surface area contributed by atoms with E-state index >= 15 is 0 Å². The zero-order valence-corrected chi connectivity index (χ0v) is 11.2. The van der Waals surface area contributed by atoms with Crippen LogP contribution < -0.4 is 4.74 Å². The van der Waals surface area contributed by atoms with E-state index in [9.17, 15) is 13.2 Å². The summed E-state index contributed by atoms with van der Waals surface area (Å²) in [5.41, 5.74) is 1.74. The van der Waals surface area contributed by atoms with Crippen LogP contribution in [-0.4, -0.2) is 18.7 Å². The average molecular weight is 291 g/mol. The predicted octanol–water partition coefficient (Wildman–Crippen LogP) is 4.31. The van der Waals surface area contributed by atoms with Crippen molar-refractivity contribution < 1.29 is 17.9 Å². The van der Waals surface area contributed by atoms with Gasteiger partial charge in [-0.25, -0.2) is 0 Å². The largest absolute Gasteiger partial charge is 0.494 e. The van der Waals surface area contributed by atoms with E-state index in [0.717, 1.165) is 11.1 Å². The van der Waals surface area contributed by atoms with Crippen LogP contribution in [0.2, 0.25) is 0 Å². The highest BCUT2D eigenvalue weighted by Gasteiger charge is 2.26. The van der Waals surface area contributed by atoms with Crippen LogP contribution in [0.1, 0.15) is 24.0 Å². The Morgan fingerprint density at radius 2 is 2.05 bits per heavy atom. The van der Waals surface area contributed by atoms with Crippen LogP contribution in [0.4, 0.5) is 13.2 Å². The van der Waals surface area contributed by atoms with E-state index in [2.05, 4.69) is 11.8 Å². The second-order valence-electron chi connectivity index (χ2n) is 3.98. The Morgan fingerprint density at radius 3 is 2.63 bits per heavy atom. The summed E-state index contributed by atoms with van der Waals surface area (Å²) < 4.78 is 41.1. The minimum atomic E-state index is -4.12. The number of aryl methyl sites for hydroxylation is 1. The molecule has 0 aliphatic rings. The number of rotatable bonds is 4. The van der Waals surface area contributed by atoms with E-state index in [-0.39, 0.29) is 18.9 Å². The summed E-state index contributed by atoms with van der Waals surface area (Å²) in [4.78, 5) is 0. The van der Waals surface area contributed by atoms with Crippen molar-refractivity contribution in [3.05, 3.63) is 29.3 Å². The molecule has 0 bridgehead atoms. The molecule has 104 valence electrons. The molecule has 0 heterocycles. The first kappa shape index (κ1) is 15.7. The minimum absolute atomic E-state index is 0.0453. The number of halogens is 4. The van der Waals surface area contributed by atoms with Gasteiger partial charge in [0.05, 0.1) is 12.5 Å². The maximum atomic E-state index is 11.9. The fraction of sp³-hybridized carbons (Fsp3) is 0.429. The van der Waals surface area contributed by atoms with Gasteiger partial charge in [-0.2, -0.15) is 13.2 Å². The maximum absolute atomic E-state index is 11.9. The Labute approximate surface area is 115 Å². The fourth-order valence-electron chi connectivity index (χ4n) is 1.46. The van der Waals surface area contributed by atoms with Crippen molar-refractivity contribution in [1.82, 2.24) is 0 Å². The molecular weight excluding hydrogens is 277 g/mol. The lowest BCUT2D eigenvalue weighted by Gasteiger charge is -2.09. The van der Waals surface area contributed by atoms with Crippen molar-refractivity contribution in [1.29, 1.82) is 0 Å². The van der Waals surface area contributed by atoms with Gasteiger partial charge in [0, 0.05) is 12.0 Å². The molecule has 0 saturated heterocycles. The van der Waals surface area contributed by atoms with Gasteiger partial charge >= 0.3 is 6.18 Å². The van der Waals surface area contributed by atoms with Crippen molar-refractivity contribution in [3.63, 3.8) is 0 Å². The predicted molar refractivity (Wildman–Crippen MR) is 69.6 cm³/mol. The summed E-state index contributed by atoms with van der Waals surface area (Å²) in [5.74, 6) is 6.45. The first-order valence-corrected chi connectivity index (χ1v) is 6.31. The second-order valence-corrected chi connectivity index (χ2v) is 4.25. The van der Waals surface area contributed by atoms with Gasteiger partial charge in [0.1, 0.15) is 5.75 Å². The third-order valence-corrected chi connectivity index (χ3v) is 2.49. The van der Waals surface area contributed by atoms with Gasteiger partial charge in [0.2, 0.25) is 0 Å². The van der Waals surface area contributed by atoms with E-state index in [4.69, 9.17) is 16.3 Å². The summed E-state index contributed by atoms with van der Waals surface area (Å²) in [6.07, 6.45) is -5.00. The van der Waals surface area contributed by atoms with Crippen molar-refractivity contribution in [2.75, 3.05) is 12.5 Å². The van der Waals surface area contributed by atoms with Gasteiger partial charge < -0.3 is 4.74 Å². The fourth-order valence-corrected chi connectivity index (χ4v) is 1.52. The van der Waals surface area contributed by atoms with Crippen LogP contribution in [0.5, 0.6) is 5.75 Å². The monoisotopic (exact) mass is 290 g/mol. The highest BCUT2D eigenvalue weighted by atomic mass is 35.5. The molecule has 0 spiro atoms. The van der Waals surface area contributed by atoms with Crippen LogP contribution >= 0.6 is 11.6 Å².